The van der Waals surface area contributed by atoms with Crippen LogP contribution in [0.5, 0.6) is 23.0 Å². The molecule has 0 atom stereocenters. The Balaban J connectivity index is 1.92. The lowest BCUT2D eigenvalue weighted by molar-refractivity contribution is 0.175. The van der Waals surface area contributed by atoms with Gasteiger partial charge in [-0.2, -0.15) is 0 Å². The summed E-state index contributed by atoms with van der Waals surface area (Å²) in [6.45, 7) is -0.581. The number of aliphatic hydroxyl groups excluding tert-OH is 4. The SMILES string of the molecule is OCCOc1cccc(C2(c3cccc(OCCO)c3OCCO)c3ccccc3-c3ccccc32)c1OCCO. The van der Waals surface area contributed by atoms with Crippen LogP contribution in [-0.2, 0) is 5.41 Å². The molecule has 1 aliphatic rings. The van der Waals surface area contributed by atoms with Crippen molar-refractivity contribution in [3.05, 3.63) is 107 Å². The predicted octanol–water partition coefficient (Wildman–Crippen LogP) is 3.53. The fourth-order valence-electron chi connectivity index (χ4n) is 5.71. The number of ether oxygens (including phenoxy) is 4. The standard InChI is InChI=1S/C33H34O8/c34-15-19-38-29-13-5-11-27(31(29)40-21-17-36)33(25-9-3-1-7-23(25)24-8-2-4-10-26(24)33)28-12-6-14-30(39-20-16-35)32(28)41-22-18-37/h1-14,34-37H,15-22H2. The summed E-state index contributed by atoms with van der Waals surface area (Å²) in [6.07, 6.45) is 0. The lowest BCUT2D eigenvalue weighted by Crippen LogP contribution is -2.31. The summed E-state index contributed by atoms with van der Waals surface area (Å²) in [6, 6.07) is 27.5. The first-order chi connectivity index (χ1) is 20.2. The molecule has 1 aliphatic carbocycles. The Kier molecular flexibility index (Phi) is 9.06. The summed E-state index contributed by atoms with van der Waals surface area (Å²) in [5.74, 6) is 1.71. The molecular formula is C33H34O8. The lowest BCUT2D eigenvalue weighted by atomic mass is 9.67. The third-order valence-corrected chi connectivity index (χ3v) is 7.09. The van der Waals surface area contributed by atoms with Gasteiger partial charge in [0.1, 0.15) is 26.4 Å². The largest absolute Gasteiger partial charge is 0.487 e. The number of hydrogen-bond acceptors (Lipinski definition) is 8. The van der Waals surface area contributed by atoms with Gasteiger partial charge in [-0.05, 0) is 34.4 Å². The molecule has 4 N–H and O–H groups in total. The van der Waals surface area contributed by atoms with Gasteiger partial charge in [-0.1, -0.05) is 72.8 Å². The van der Waals surface area contributed by atoms with E-state index >= 15 is 0 Å². The Morgan fingerprint density at radius 1 is 0.415 bits per heavy atom. The van der Waals surface area contributed by atoms with Gasteiger partial charge in [0.15, 0.2) is 23.0 Å². The molecule has 0 saturated carbocycles. The van der Waals surface area contributed by atoms with Gasteiger partial charge in [0.25, 0.3) is 0 Å². The normalized spacial score (nSPS) is 12.9. The van der Waals surface area contributed by atoms with Gasteiger partial charge in [0.2, 0.25) is 0 Å². The molecule has 8 nitrogen and oxygen atoms in total. The highest BCUT2D eigenvalue weighted by atomic mass is 16.5. The van der Waals surface area contributed by atoms with Crippen molar-refractivity contribution in [3.8, 4) is 34.1 Å². The fraction of sp³-hybridized carbons (Fsp3) is 0.273. The second-order valence-corrected chi connectivity index (χ2v) is 9.40. The van der Waals surface area contributed by atoms with Crippen LogP contribution in [0, 0.1) is 0 Å². The highest BCUT2D eigenvalue weighted by Crippen LogP contribution is 2.61. The smallest absolute Gasteiger partial charge is 0.166 e. The summed E-state index contributed by atoms with van der Waals surface area (Å²) in [5, 5.41) is 38.5. The first kappa shape index (κ1) is 28.4. The van der Waals surface area contributed by atoms with Crippen LogP contribution < -0.4 is 18.9 Å². The molecule has 8 heteroatoms. The van der Waals surface area contributed by atoms with Gasteiger partial charge in [-0.3, -0.25) is 0 Å². The van der Waals surface area contributed by atoms with E-state index in [1.165, 1.54) is 0 Å². The summed E-state index contributed by atoms with van der Waals surface area (Å²) >= 11 is 0. The van der Waals surface area contributed by atoms with E-state index < -0.39 is 5.41 Å². The first-order valence-electron chi connectivity index (χ1n) is 13.6. The van der Waals surface area contributed by atoms with Crippen molar-refractivity contribution in [1.29, 1.82) is 0 Å². The van der Waals surface area contributed by atoms with E-state index in [1.807, 2.05) is 48.5 Å². The van der Waals surface area contributed by atoms with Crippen LogP contribution in [0.1, 0.15) is 22.3 Å². The maximum Gasteiger partial charge on any atom is 0.166 e. The molecule has 0 amide bonds. The molecule has 0 unspecified atom stereocenters. The molecule has 0 heterocycles. The first-order valence-corrected chi connectivity index (χ1v) is 13.6. The summed E-state index contributed by atoms with van der Waals surface area (Å²) in [7, 11) is 0. The molecule has 41 heavy (non-hydrogen) atoms. The minimum atomic E-state index is -1.00. The average molecular weight is 559 g/mol. The monoisotopic (exact) mass is 558 g/mol. The molecule has 214 valence electrons. The van der Waals surface area contributed by atoms with Crippen molar-refractivity contribution < 1.29 is 39.4 Å². The summed E-state index contributed by atoms with van der Waals surface area (Å²) in [4.78, 5) is 0. The number of hydrogen-bond donors (Lipinski definition) is 4. The van der Waals surface area contributed by atoms with Gasteiger partial charge in [0.05, 0.1) is 31.8 Å². The van der Waals surface area contributed by atoms with Crippen molar-refractivity contribution in [3.63, 3.8) is 0 Å². The number of aliphatic hydroxyl groups is 4. The zero-order valence-electron chi connectivity index (χ0n) is 22.7. The number of rotatable bonds is 14. The second kappa shape index (κ2) is 13.1. The molecule has 0 radical (unpaired) electrons. The molecular weight excluding hydrogens is 524 g/mol. The molecule has 0 bridgehead atoms. The Morgan fingerprint density at radius 2 is 0.780 bits per heavy atom. The van der Waals surface area contributed by atoms with Crippen molar-refractivity contribution in [2.45, 2.75) is 5.41 Å². The zero-order valence-corrected chi connectivity index (χ0v) is 22.7. The number of benzene rings is 4. The highest BCUT2D eigenvalue weighted by molar-refractivity contribution is 5.88. The van der Waals surface area contributed by atoms with Crippen LogP contribution in [0.3, 0.4) is 0 Å². The molecule has 0 fully saturated rings. The molecule has 4 aromatic carbocycles. The van der Waals surface area contributed by atoms with Gasteiger partial charge >= 0.3 is 0 Å². The highest BCUT2D eigenvalue weighted by Gasteiger charge is 2.50. The van der Waals surface area contributed by atoms with Crippen LogP contribution in [0.2, 0.25) is 0 Å². The topological polar surface area (TPSA) is 118 Å². The Labute approximate surface area is 239 Å². The Hall–Kier alpha value is -4.08. The molecule has 5 rings (SSSR count). The van der Waals surface area contributed by atoms with E-state index in [9.17, 15) is 20.4 Å². The molecule has 0 spiro atoms. The van der Waals surface area contributed by atoms with Gasteiger partial charge in [0, 0.05) is 11.1 Å². The van der Waals surface area contributed by atoms with Crippen molar-refractivity contribution in [1.82, 2.24) is 0 Å². The maximum absolute atomic E-state index is 9.72. The zero-order chi connectivity index (χ0) is 28.7. The van der Waals surface area contributed by atoms with Gasteiger partial charge in [-0.25, -0.2) is 0 Å². The Bertz CT molecular complexity index is 1360. The van der Waals surface area contributed by atoms with Crippen LogP contribution >= 0.6 is 0 Å². The maximum atomic E-state index is 9.72. The van der Waals surface area contributed by atoms with Crippen LogP contribution in [0.25, 0.3) is 11.1 Å². The summed E-state index contributed by atoms with van der Waals surface area (Å²) in [5.41, 5.74) is 4.50. The minimum absolute atomic E-state index is 0.0272. The molecule has 4 aromatic rings. The fourth-order valence-corrected chi connectivity index (χ4v) is 5.71. The molecule has 0 aromatic heterocycles. The average Bonchev–Trinajstić information content (AvgIpc) is 3.32. The number of para-hydroxylation sites is 2. The quantitative estimate of drug-likeness (QED) is 0.164. The van der Waals surface area contributed by atoms with E-state index in [1.54, 1.807) is 12.1 Å². The van der Waals surface area contributed by atoms with E-state index in [0.29, 0.717) is 23.0 Å². The molecule has 0 saturated heterocycles. The van der Waals surface area contributed by atoms with Crippen molar-refractivity contribution >= 4 is 0 Å². The van der Waals surface area contributed by atoms with E-state index in [-0.39, 0.29) is 52.9 Å². The predicted molar refractivity (Wildman–Crippen MR) is 154 cm³/mol. The van der Waals surface area contributed by atoms with E-state index in [2.05, 4.69) is 24.3 Å². The minimum Gasteiger partial charge on any atom is -0.487 e. The van der Waals surface area contributed by atoms with Gasteiger partial charge < -0.3 is 39.4 Å². The van der Waals surface area contributed by atoms with Crippen LogP contribution in [0.15, 0.2) is 84.9 Å². The van der Waals surface area contributed by atoms with Gasteiger partial charge in [-0.15, -0.1) is 0 Å². The van der Waals surface area contributed by atoms with Crippen LogP contribution in [-0.4, -0.2) is 73.3 Å². The van der Waals surface area contributed by atoms with E-state index in [4.69, 9.17) is 18.9 Å². The van der Waals surface area contributed by atoms with Crippen molar-refractivity contribution in [2.75, 3.05) is 52.9 Å². The second-order valence-electron chi connectivity index (χ2n) is 9.40. The van der Waals surface area contributed by atoms with Crippen molar-refractivity contribution in [2.24, 2.45) is 0 Å². The third kappa shape index (κ3) is 5.11. The van der Waals surface area contributed by atoms with E-state index in [0.717, 1.165) is 33.4 Å². The summed E-state index contributed by atoms with van der Waals surface area (Å²) < 4.78 is 24.3. The third-order valence-electron chi connectivity index (χ3n) is 7.09. The lowest BCUT2D eigenvalue weighted by Gasteiger charge is -2.36. The Morgan fingerprint density at radius 3 is 1.20 bits per heavy atom. The van der Waals surface area contributed by atoms with Crippen LogP contribution in [0.4, 0.5) is 0 Å². The molecule has 0 aliphatic heterocycles. The number of fused-ring (bicyclic) bond motifs is 3.